The van der Waals surface area contributed by atoms with E-state index in [1.165, 1.54) is 0 Å². The first-order chi connectivity index (χ1) is 10.6. The highest BCUT2D eigenvalue weighted by Crippen LogP contribution is 2.34. The first-order valence-corrected chi connectivity index (χ1v) is 8.37. The molecule has 1 heterocycles. The van der Waals surface area contributed by atoms with Crippen molar-refractivity contribution in [1.82, 2.24) is 9.71 Å². The zero-order valence-corrected chi connectivity index (χ0v) is 13.0. The van der Waals surface area contributed by atoms with Gasteiger partial charge in [0.1, 0.15) is 0 Å². The molecule has 0 aliphatic rings. The Labute approximate surface area is 130 Å². The molecule has 2 rings (SSSR count). The van der Waals surface area contributed by atoms with E-state index in [0.29, 0.717) is 12.5 Å². The Morgan fingerprint density at radius 2 is 1.91 bits per heavy atom. The van der Waals surface area contributed by atoms with Gasteiger partial charge in [-0.05, 0) is 24.6 Å². The lowest BCUT2D eigenvalue weighted by molar-refractivity contribution is -0.136. The Kier molecular flexibility index (Phi) is 4.81. The van der Waals surface area contributed by atoms with Crippen molar-refractivity contribution >= 4 is 20.9 Å². The first kappa shape index (κ1) is 17.5. The van der Waals surface area contributed by atoms with E-state index in [2.05, 4.69) is 9.71 Å². The van der Waals surface area contributed by atoms with Gasteiger partial charge in [0.15, 0.2) is 0 Å². The van der Waals surface area contributed by atoms with Gasteiger partial charge in [-0.3, -0.25) is 4.79 Å². The van der Waals surface area contributed by atoms with Crippen molar-refractivity contribution in [3.05, 3.63) is 40.2 Å². The van der Waals surface area contributed by atoms with E-state index in [-0.39, 0.29) is 22.3 Å². The SMILES string of the molecule is CCCCNS(=O)(=O)c1ccc2[nH]c(=O)cc(C(F)(F)F)c2c1. The number of pyridine rings is 1. The van der Waals surface area contributed by atoms with E-state index in [4.69, 9.17) is 0 Å². The van der Waals surface area contributed by atoms with Crippen molar-refractivity contribution in [3.63, 3.8) is 0 Å². The fourth-order valence-corrected chi connectivity index (χ4v) is 3.20. The molecule has 2 aromatic rings. The van der Waals surface area contributed by atoms with Crippen LogP contribution in [0, 0.1) is 0 Å². The highest BCUT2D eigenvalue weighted by atomic mass is 32.2. The number of halogens is 3. The van der Waals surface area contributed by atoms with Crippen LogP contribution in [-0.4, -0.2) is 19.9 Å². The number of aromatic nitrogens is 1. The lowest BCUT2D eigenvalue weighted by atomic mass is 10.1. The second kappa shape index (κ2) is 6.32. The van der Waals surface area contributed by atoms with E-state index in [1.807, 2.05) is 6.92 Å². The second-order valence-corrected chi connectivity index (χ2v) is 6.77. The third-order valence-electron chi connectivity index (χ3n) is 3.25. The summed E-state index contributed by atoms with van der Waals surface area (Å²) in [6.07, 6.45) is -3.36. The quantitative estimate of drug-likeness (QED) is 0.815. The van der Waals surface area contributed by atoms with Crippen LogP contribution >= 0.6 is 0 Å². The standard InChI is InChI=1S/C14H15F3N2O3S/c1-2-3-6-18-23(21,22)9-4-5-12-10(7-9)11(14(15,16)17)8-13(20)19-12/h4-5,7-8,18H,2-3,6H2,1H3,(H,19,20). The van der Waals surface area contributed by atoms with Crippen molar-refractivity contribution in [2.45, 2.75) is 30.8 Å². The zero-order chi connectivity index (χ0) is 17.3. The van der Waals surface area contributed by atoms with Crippen molar-refractivity contribution in [2.75, 3.05) is 6.54 Å². The summed E-state index contributed by atoms with van der Waals surface area (Å²) in [5.74, 6) is 0. The van der Waals surface area contributed by atoms with E-state index in [0.717, 1.165) is 24.6 Å². The van der Waals surface area contributed by atoms with Crippen LogP contribution in [0.2, 0.25) is 0 Å². The van der Waals surface area contributed by atoms with Crippen LogP contribution in [0.5, 0.6) is 0 Å². The van der Waals surface area contributed by atoms with E-state index < -0.39 is 27.3 Å². The maximum atomic E-state index is 13.1. The van der Waals surface area contributed by atoms with Gasteiger partial charge in [0.2, 0.25) is 15.6 Å². The second-order valence-electron chi connectivity index (χ2n) is 5.00. The van der Waals surface area contributed by atoms with Crippen LogP contribution in [-0.2, 0) is 16.2 Å². The van der Waals surface area contributed by atoms with Crippen LogP contribution in [0.4, 0.5) is 13.2 Å². The number of rotatable bonds is 5. The summed E-state index contributed by atoms with van der Waals surface area (Å²) in [7, 11) is -3.91. The third kappa shape index (κ3) is 3.91. The molecular formula is C14H15F3N2O3S. The fraction of sp³-hybridized carbons (Fsp3) is 0.357. The summed E-state index contributed by atoms with van der Waals surface area (Å²) in [6.45, 7) is 2.09. The number of sulfonamides is 1. The van der Waals surface area contributed by atoms with Gasteiger partial charge in [0, 0.05) is 23.5 Å². The molecular weight excluding hydrogens is 333 g/mol. The summed E-state index contributed by atoms with van der Waals surface area (Å²) >= 11 is 0. The maximum absolute atomic E-state index is 13.1. The van der Waals surface area contributed by atoms with Crippen molar-refractivity contribution in [3.8, 4) is 0 Å². The third-order valence-corrected chi connectivity index (χ3v) is 4.71. The normalized spacial score (nSPS) is 12.7. The Hall–Kier alpha value is -1.87. The van der Waals surface area contributed by atoms with Gasteiger partial charge in [-0.15, -0.1) is 0 Å². The number of H-pyrrole nitrogens is 1. The summed E-state index contributed by atoms with van der Waals surface area (Å²) < 4.78 is 65.7. The minimum absolute atomic E-state index is 0.0719. The van der Waals surface area contributed by atoms with Crippen LogP contribution in [0.3, 0.4) is 0 Å². The van der Waals surface area contributed by atoms with Crippen LogP contribution in [0.25, 0.3) is 10.9 Å². The number of hydrogen-bond donors (Lipinski definition) is 2. The molecule has 5 nitrogen and oxygen atoms in total. The molecule has 0 fully saturated rings. The Balaban J connectivity index is 2.58. The fourth-order valence-electron chi connectivity index (χ4n) is 2.10. The molecule has 9 heteroatoms. The Morgan fingerprint density at radius 3 is 2.52 bits per heavy atom. The van der Waals surface area contributed by atoms with Crippen LogP contribution in [0.1, 0.15) is 25.3 Å². The molecule has 1 aromatic carbocycles. The molecule has 126 valence electrons. The largest absolute Gasteiger partial charge is 0.417 e. The monoisotopic (exact) mass is 348 g/mol. The molecule has 0 aliphatic carbocycles. The van der Waals surface area contributed by atoms with Gasteiger partial charge >= 0.3 is 6.18 Å². The summed E-state index contributed by atoms with van der Waals surface area (Å²) in [4.78, 5) is 13.3. The first-order valence-electron chi connectivity index (χ1n) is 6.89. The predicted molar refractivity (Wildman–Crippen MR) is 79.7 cm³/mol. The molecule has 0 amide bonds. The highest BCUT2D eigenvalue weighted by Gasteiger charge is 2.33. The van der Waals surface area contributed by atoms with Gasteiger partial charge in [-0.2, -0.15) is 13.2 Å². The maximum Gasteiger partial charge on any atom is 0.417 e. The number of aromatic amines is 1. The van der Waals surface area contributed by atoms with E-state index in [1.54, 1.807) is 0 Å². The lowest BCUT2D eigenvalue weighted by Crippen LogP contribution is -2.24. The molecule has 23 heavy (non-hydrogen) atoms. The van der Waals surface area contributed by atoms with E-state index >= 15 is 0 Å². The van der Waals surface area contributed by atoms with Gasteiger partial charge in [-0.25, -0.2) is 13.1 Å². The average Bonchev–Trinajstić information content (AvgIpc) is 2.45. The number of benzene rings is 1. The van der Waals surface area contributed by atoms with Crippen molar-refractivity contribution in [2.24, 2.45) is 0 Å². The zero-order valence-electron chi connectivity index (χ0n) is 12.2. The summed E-state index contributed by atoms with van der Waals surface area (Å²) in [6, 6.07) is 3.65. The highest BCUT2D eigenvalue weighted by molar-refractivity contribution is 7.89. The van der Waals surface area contributed by atoms with Gasteiger partial charge in [-0.1, -0.05) is 13.3 Å². The van der Waals surface area contributed by atoms with E-state index in [9.17, 15) is 26.4 Å². The van der Waals surface area contributed by atoms with Gasteiger partial charge in [0.05, 0.1) is 10.5 Å². The number of nitrogens with one attached hydrogen (secondary N) is 2. The minimum Gasteiger partial charge on any atom is -0.322 e. The average molecular weight is 348 g/mol. The van der Waals surface area contributed by atoms with Gasteiger partial charge in [0.25, 0.3) is 0 Å². The molecule has 0 saturated carbocycles. The predicted octanol–water partition coefficient (Wildman–Crippen LogP) is 2.63. The molecule has 0 unspecified atom stereocenters. The number of unbranched alkanes of at least 4 members (excludes halogenated alkanes) is 1. The topological polar surface area (TPSA) is 79.0 Å². The molecule has 0 saturated heterocycles. The molecule has 0 bridgehead atoms. The number of fused-ring (bicyclic) bond motifs is 1. The van der Waals surface area contributed by atoms with Crippen LogP contribution < -0.4 is 10.3 Å². The molecule has 0 atom stereocenters. The molecule has 0 radical (unpaired) electrons. The van der Waals surface area contributed by atoms with Crippen LogP contribution in [0.15, 0.2) is 34.0 Å². The molecule has 1 aromatic heterocycles. The van der Waals surface area contributed by atoms with Gasteiger partial charge < -0.3 is 4.98 Å². The number of alkyl halides is 3. The van der Waals surface area contributed by atoms with Crippen molar-refractivity contribution < 1.29 is 21.6 Å². The Morgan fingerprint density at radius 1 is 1.22 bits per heavy atom. The molecule has 0 aliphatic heterocycles. The minimum atomic E-state index is -4.76. The Bertz CT molecular complexity index is 873. The summed E-state index contributed by atoms with van der Waals surface area (Å²) in [5, 5.41) is -0.365. The molecule has 0 spiro atoms. The smallest absolute Gasteiger partial charge is 0.322 e. The summed E-state index contributed by atoms with van der Waals surface area (Å²) in [5.41, 5.74) is -2.14. The molecule has 2 N–H and O–H groups in total. The lowest BCUT2D eigenvalue weighted by Gasteiger charge is -2.12. The van der Waals surface area contributed by atoms with Crippen molar-refractivity contribution in [1.29, 1.82) is 0 Å². The number of hydrogen-bond acceptors (Lipinski definition) is 3.